The van der Waals surface area contributed by atoms with E-state index in [1.54, 1.807) is 19.9 Å². The van der Waals surface area contributed by atoms with Crippen molar-refractivity contribution in [3.63, 3.8) is 0 Å². The monoisotopic (exact) mass is 452 g/mol. The molecular formula is C21H25ClN2O5S. The van der Waals surface area contributed by atoms with Crippen LogP contribution in [0, 0.1) is 13.8 Å². The molecule has 162 valence electrons. The van der Waals surface area contributed by atoms with Crippen LogP contribution in [0.15, 0.2) is 41.3 Å². The van der Waals surface area contributed by atoms with Crippen LogP contribution in [0.25, 0.3) is 0 Å². The van der Waals surface area contributed by atoms with Crippen LogP contribution in [0.4, 0.5) is 5.69 Å². The Kier molecular flexibility index (Phi) is 8.00. The molecule has 2 aromatic rings. The zero-order valence-corrected chi connectivity index (χ0v) is 18.9. The molecule has 0 bridgehead atoms. The van der Waals surface area contributed by atoms with E-state index in [-0.39, 0.29) is 15.5 Å². The third kappa shape index (κ3) is 5.59. The molecule has 1 N–H and O–H groups in total. The highest BCUT2D eigenvalue weighted by Crippen LogP contribution is 2.24. The van der Waals surface area contributed by atoms with E-state index in [1.807, 2.05) is 26.0 Å². The minimum absolute atomic E-state index is 0.0354. The number of benzene rings is 2. The molecule has 9 heteroatoms. The van der Waals surface area contributed by atoms with E-state index in [0.29, 0.717) is 18.8 Å². The number of rotatable bonds is 8. The van der Waals surface area contributed by atoms with Crippen molar-refractivity contribution in [2.75, 3.05) is 25.0 Å². The Morgan fingerprint density at radius 3 is 2.33 bits per heavy atom. The van der Waals surface area contributed by atoms with Crippen molar-refractivity contribution in [1.82, 2.24) is 4.31 Å². The Morgan fingerprint density at radius 2 is 1.73 bits per heavy atom. The smallest absolute Gasteiger partial charge is 0.340 e. The van der Waals surface area contributed by atoms with Crippen molar-refractivity contribution < 1.29 is 22.7 Å². The van der Waals surface area contributed by atoms with Crippen molar-refractivity contribution in [3.8, 4) is 0 Å². The highest BCUT2D eigenvalue weighted by Gasteiger charge is 2.24. The quantitative estimate of drug-likeness (QED) is 0.615. The van der Waals surface area contributed by atoms with E-state index in [4.69, 9.17) is 16.3 Å². The van der Waals surface area contributed by atoms with Crippen LogP contribution in [-0.2, 0) is 19.6 Å². The lowest BCUT2D eigenvalue weighted by Gasteiger charge is -2.19. The molecule has 2 rings (SSSR count). The van der Waals surface area contributed by atoms with Crippen molar-refractivity contribution in [3.05, 3.63) is 58.1 Å². The van der Waals surface area contributed by atoms with Gasteiger partial charge in [-0.3, -0.25) is 4.79 Å². The Hall–Kier alpha value is -2.42. The van der Waals surface area contributed by atoms with Crippen LogP contribution in [-0.4, -0.2) is 44.3 Å². The first-order valence-corrected chi connectivity index (χ1v) is 11.3. The Bertz CT molecular complexity index is 1050. The molecule has 0 aliphatic carbocycles. The SMILES string of the molecule is CCN(CC)S(=O)(=O)c1ccc(Cl)c(C(=O)OCC(=O)Nc2ccc(C)cc2C)c1. The summed E-state index contributed by atoms with van der Waals surface area (Å²) in [6.45, 7) is 7.30. The van der Waals surface area contributed by atoms with Gasteiger partial charge < -0.3 is 10.1 Å². The van der Waals surface area contributed by atoms with Crippen molar-refractivity contribution in [2.24, 2.45) is 0 Å². The maximum Gasteiger partial charge on any atom is 0.340 e. The second-order valence-corrected chi connectivity index (χ2v) is 9.02. The first kappa shape index (κ1) is 23.9. The molecule has 0 aliphatic rings. The number of esters is 1. The van der Waals surface area contributed by atoms with Gasteiger partial charge in [0.2, 0.25) is 10.0 Å². The van der Waals surface area contributed by atoms with E-state index < -0.39 is 28.5 Å². The molecule has 0 aromatic heterocycles. The average Bonchev–Trinajstić information content (AvgIpc) is 2.69. The zero-order chi connectivity index (χ0) is 22.5. The Balaban J connectivity index is 2.12. The molecule has 7 nitrogen and oxygen atoms in total. The van der Waals surface area contributed by atoms with Gasteiger partial charge in [-0.05, 0) is 43.7 Å². The molecule has 0 unspecified atom stereocenters. The normalized spacial score (nSPS) is 11.4. The average molecular weight is 453 g/mol. The minimum Gasteiger partial charge on any atom is -0.452 e. The van der Waals surface area contributed by atoms with Crippen LogP contribution in [0.5, 0.6) is 0 Å². The topological polar surface area (TPSA) is 92.8 Å². The molecule has 0 saturated carbocycles. The highest BCUT2D eigenvalue weighted by atomic mass is 35.5. The number of hydrogen-bond acceptors (Lipinski definition) is 5. The highest BCUT2D eigenvalue weighted by molar-refractivity contribution is 7.89. The molecule has 2 aromatic carbocycles. The number of hydrogen-bond donors (Lipinski definition) is 1. The Labute approximate surface area is 182 Å². The maximum absolute atomic E-state index is 12.7. The number of aryl methyl sites for hydroxylation is 2. The first-order valence-electron chi connectivity index (χ1n) is 9.44. The summed E-state index contributed by atoms with van der Waals surface area (Å²) in [4.78, 5) is 24.5. The molecular weight excluding hydrogens is 428 g/mol. The number of nitrogens with one attached hydrogen (secondary N) is 1. The van der Waals surface area contributed by atoms with Crippen molar-refractivity contribution >= 4 is 39.2 Å². The van der Waals surface area contributed by atoms with Crippen molar-refractivity contribution in [2.45, 2.75) is 32.6 Å². The number of nitrogens with zero attached hydrogens (tertiary/aromatic N) is 1. The molecule has 1 amide bonds. The third-order valence-electron chi connectivity index (χ3n) is 4.49. The number of ether oxygens (including phenoxy) is 1. The van der Waals surface area contributed by atoms with E-state index in [9.17, 15) is 18.0 Å². The van der Waals surface area contributed by atoms with Gasteiger partial charge in [0, 0.05) is 18.8 Å². The minimum atomic E-state index is -3.77. The first-order chi connectivity index (χ1) is 14.1. The molecule has 0 saturated heterocycles. The molecule has 0 aliphatic heterocycles. The van der Waals surface area contributed by atoms with Gasteiger partial charge in [-0.2, -0.15) is 4.31 Å². The summed E-state index contributed by atoms with van der Waals surface area (Å²) < 4.78 is 31.7. The summed E-state index contributed by atoms with van der Waals surface area (Å²) in [5, 5.41) is 2.71. The lowest BCUT2D eigenvalue weighted by Crippen LogP contribution is -2.30. The van der Waals surface area contributed by atoms with Gasteiger partial charge in [0.1, 0.15) is 0 Å². The second-order valence-electron chi connectivity index (χ2n) is 6.67. The van der Waals surface area contributed by atoms with Crippen LogP contribution >= 0.6 is 11.6 Å². The molecule has 0 radical (unpaired) electrons. The zero-order valence-electron chi connectivity index (χ0n) is 17.4. The van der Waals surface area contributed by atoms with Gasteiger partial charge in [0.25, 0.3) is 5.91 Å². The summed E-state index contributed by atoms with van der Waals surface area (Å²) >= 11 is 6.06. The van der Waals surface area contributed by atoms with Gasteiger partial charge in [0.05, 0.1) is 15.5 Å². The summed E-state index contributed by atoms with van der Waals surface area (Å²) in [7, 11) is -3.77. The number of amides is 1. The largest absolute Gasteiger partial charge is 0.452 e. The summed E-state index contributed by atoms with van der Waals surface area (Å²) in [6.07, 6.45) is 0. The number of carbonyl (C=O) groups excluding carboxylic acids is 2. The van der Waals surface area contributed by atoms with Gasteiger partial charge in [-0.1, -0.05) is 43.1 Å². The molecule has 30 heavy (non-hydrogen) atoms. The Morgan fingerprint density at radius 1 is 1.07 bits per heavy atom. The number of sulfonamides is 1. The summed E-state index contributed by atoms with van der Waals surface area (Å²) in [5.74, 6) is -1.40. The van der Waals surface area contributed by atoms with Crippen molar-refractivity contribution in [1.29, 1.82) is 0 Å². The summed E-state index contributed by atoms with van der Waals surface area (Å²) in [6, 6.07) is 9.37. The fourth-order valence-electron chi connectivity index (χ4n) is 2.88. The fraction of sp³-hybridized carbons (Fsp3) is 0.333. The van der Waals surface area contributed by atoms with E-state index in [0.717, 1.165) is 11.1 Å². The molecule has 0 atom stereocenters. The van der Waals surface area contributed by atoms with Crippen LogP contribution in [0.2, 0.25) is 5.02 Å². The van der Waals surface area contributed by atoms with Gasteiger partial charge in [0.15, 0.2) is 6.61 Å². The van der Waals surface area contributed by atoms with Gasteiger partial charge in [-0.25, -0.2) is 13.2 Å². The second kappa shape index (κ2) is 10.1. The lowest BCUT2D eigenvalue weighted by atomic mass is 10.1. The van der Waals surface area contributed by atoms with E-state index in [1.165, 1.54) is 22.5 Å². The van der Waals surface area contributed by atoms with E-state index in [2.05, 4.69) is 5.32 Å². The van der Waals surface area contributed by atoms with Gasteiger partial charge in [-0.15, -0.1) is 0 Å². The van der Waals surface area contributed by atoms with Crippen LogP contribution in [0.3, 0.4) is 0 Å². The fourth-order valence-corrected chi connectivity index (χ4v) is 4.56. The van der Waals surface area contributed by atoms with Crippen LogP contribution < -0.4 is 5.32 Å². The predicted octanol–water partition coefficient (Wildman–Crippen LogP) is 3.78. The van der Waals surface area contributed by atoms with E-state index >= 15 is 0 Å². The lowest BCUT2D eigenvalue weighted by molar-refractivity contribution is -0.119. The molecule has 0 spiro atoms. The number of anilines is 1. The molecule has 0 fully saturated rings. The third-order valence-corrected chi connectivity index (χ3v) is 6.87. The maximum atomic E-state index is 12.7. The van der Waals surface area contributed by atoms with Crippen LogP contribution in [0.1, 0.15) is 35.3 Å². The molecule has 0 heterocycles. The standard InChI is InChI=1S/C21H25ClN2O5S/c1-5-24(6-2)30(27,28)16-8-9-18(22)17(12-16)21(26)29-13-20(25)23-19-10-7-14(3)11-15(19)4/h7-12H,5-6,13H2,1-4H3,(H,23,25). The summed E-state index contributed by atoms with van der Waals surface area (Å²) in [5.41, 5.74) is 2.44. The predicted molar refractivity (Wildman–Crippen MR) is 116 cm³/mol. The number of carbonyl (C=O) groups is 2. The van der Waals surface area contributed by atoms with Gasteiger partial charge >= 0.3 is 5.97 Å². The number of halogens is 1.